The number of nitrogens with zero attached hydrogens (tertiary/aromatic N) is 1. The van der Waals surface area contributed by atoms with Gasteiger partial charge in [0, 0.05) is 16.1 Å². The first-order valence-corrected chi connectivity index (χ1v) is 8.25. The van der Waals surface area contributed by atoms with Crippen molar-refractivity contribution in [2.75, 3.05) is 5.32 Å². The average Bonchev–Trinajstić information content (AvgIpc) is 3.22. The lowest BCUT2D eigenvalue weighted by Crippen LogP contribution is -2.33. The monoisotopic (exact) mass is 326 g/mol. The molecule has 1 N–H and O–H groups in total. The van der Waals surface area contributed by atoms with Crippen molar-refractivity contribution in [1.29, 1.82) is 0 Å². The van der Waals surface area contributed by atoms with Crippen molar-refractivity contribution in [3.63, 3.8) is 0 Å². The van der Waals surface area contributed by atoms with Crippen molar-refractivity contribution in [1.82, 2.24) is 4.90 Å². The molecular formula is C18H18N2O2S. The Hall–Kier alpha value is -2.53. The second-order valence-electron chi connectivity index (χ2n) is 5.36. The molecule has 0 saturated carbocycles. The first-order valence-electron chi connectivity index (χ1n) is 7.37. The third kappa shape index (κ3) is 4.23. The van der Waals surface area contributed by atoms with Gasteiger partial charge in [-0.1, -0.05) is 23.8 Å². The lowest BCUT2D eigenvalue weighted by Gasteiger charge is -2.22. The van der Waals surface area contributed by atoms with E-state index in [9.17, 15) is 4.79 Å². The lowest BCUT2D eigenvalue weighted by atomic mass is 10.2. The minimum Gasteiger partial charge on any atom is -0.472 e. The van der Waals surface area contributed by atoms with E-state index < -0.39 is 0 Å². The number of rotatable bonds is 5. The van der Waals surface area contributed by atoms with Crippen LogP contribution >= 0.6 is 11.3 Å². The number of furan rings is 1. The van der Waals surface area contributed by atoms with Gasteiger partial charge in [-0.25, -0.2) is 4.79 Å². The molecule has 0 unspecified atom stereocenters. The maximum atomic E-state index is 12.6. The third-order valence-corrected chi connectivity index (χ3v) is 4.33. The zero-order valence-electron chi connectivity index (χ0n) is 12.9. The van der Waals surface area contributed by atoms with Crippen LogP contribution < -0.4 is 5.32 Å². The van der Waals surface area contributed by atoms with Gasteiger partial charge in [0.15, 0.2) is 0 Å². The van der Waals surface area contributed by atoms with Crippen LogP contribution in [0.1, 0.15) is 16.0 Å². The molecule has 0 spiro atoms. The summed E-state index contributed by atoms with van der Waals surface area (Å²) in [7, 11) is 0. The Labute approximate surface area is 139 Å². The van der Waals surface area contributed by atoms with E-state index in [-0.39, 0.29) is 6.03 Å². The van der Waals surface area contributed by atoms with Gasteiger partial charge in [-0.15, -0.1) is 11.3 Å². The molecule has 0 bridgehead atoms. The number of benzene rings is 1. The van der Waals surface area contributed by atoms with Gasteiger partial charge in [0.05, 0.1) is 25.6 Å². The number of urea groups is 1. The maximum Gasteiger partial charge on any atom is 0.322 e. The lowest BCUT2D eigenvalue weighted by molar-refractivity contribution is 0.207. The van der Waals surface area contributed by atoms with Gasteiger partial charge in [-0.05, 0) is 36.6 Å². The molecule has 0 radical (unpaired) electrons. The van der Waals surface area contributed by atoms with Crippen molar-refractivity contribution in [3.05, 3.63) is 76.4 Å². The summed E-state index contributed by atoms with van der Waals surface area (Å²) in [6.07, 6.45) is 3.29. The molecule has 1 aromatic carbocycles. The Morgan fingerprint density at radius 1 is 1.17 bits per heavy atom. The molecule has 0 atom stereocenters. The molecule has 118 valence electrons. The number of carbonyl (C=O) groups excluding carboxylic acids is 1. The van der Waals surface area contributed by atoms with Crippen LogP contribution in [-0.2, 0) is 13.1 Å². The maximum absolute atomic E-state index is 12.6. The van der Waals surface area contributed by atoms with Crippen LogP contribution in [0.2, 0.25) is 0 Å². The highest BCUT2D eigenvalue weighted by atomic mass is 32.1. The van der Waals surface area contributed by atoms with E-state index in [2.05, 4.69) is 5.32 Å². The van der Waals surface area contributed by atoms with E-state index in [1.807, 2.05) is 54.8 Å². The molecule has 3 rings (SSSR count). The normalized spacial score (nSPS) is 10.5. The van der Waals surface area contributed by atoms with Gasteiger partial charge in [0.2, 0.25) is 0 Å². The molecule has 0 aliphatic heterocycles. The third-order valence-electron chi connectivity index (χ3n) is 3.47. The number of carbonyl (C=O) groups is 1. The number of aryl methyl sites for hydroxylation is 1. The highest BCUT2D eigenvalue weighted by Gasteiger charge is 2.16. The Morgan fingerprint density at radius 3 is 2.65 bits per heavy atom. The van der Waals surface area contributed by atoms with Crippen LogP contribution in [0.4, 0.5) is 10.5 Å². The summed E-state index contributed by atoms with van der Waals surface area (Å²) in [4.78, 5) is 15.6. The molecule has 0 aliphatic carbocycles. The van der Waals surface area contributed by atoms with Gasteiger partial charge in [-0.3, -0.25) is 0 Å². The molecule has 2 aromatic heterocycles. The van der Waals surface area contributed by atoms with E-state index in [1.165, 1.54) is 0 Å². The standard InChI is InChI=1S/C18H18N2O2S/c1-14-4-6-16(7-5-14)19-18(21)20(11-15-8-9-22-13-15)12-17-3-2-10-23-17/h2-10,13H,11-12H2,1H3,(H,19,21). The first kappa shape index (κ1) is 15.4. The van der Waals surface area contributed by atoms with Gasteiger partial charge in [0.1, 0.15) is 0 Å². The molecule has 0 fully saturated rings. The molecule has 0 aliphatic rings. The van der Waals surface area contributed by atoms with E-state index >= 15 is 0 Å². The zero-order chi connectivity index (χ0) is 16.1. The number of amides is 2. The number of hydrogen-bond acceptors (Lipinski definition) is 3. The van der Waals surface area contributed by atoms with Crippen LogP contribution in [0.15, 0.2) is 64.8 Å². The molecule has 5 heteroatoms. The van der Waals surface area contributed by atoms with Crippen LogP contribution in [0.3, 0.4) is 0 Å². The number of anilines is 1. The fraction of sp³-hybridized carbons (Fsp3) is 0.167. The van der Waals surface area contributed by atoms with E-state index in [4.69, 9.17) is 4.42 Å². The summed E-state index contributed by atoms with van der Waals surface area (Å²) >= 11 is 1.64. The number of thiophene rings is 1. The molecule has 2 amide bonds. The van der Waals surface area contributed by atoms with Gasteiger partial charge in [0.25, 0.3) is 0 Å². The summed E-state index contributed by atoms with van der Waals surface area (Å²) in [5.74, 6) is 0. The Bertz CT molecular complexity index is 698. The molecule has 0 saturated heterocycles. The first-order chi connectivity index (χ1) is 11.2. The molecule has 23 heavy (non-hydrogen) atoms. The second-order valence-corrected chi connectivity index (χ2v) is 6.40. The Balaban J connectivity index is 1.73. The van der Waals surface area contributed by atoms with Crippen LogP contribution in [-0.4, -0.2) is 10.9 Å². The molecule has 3 aromatic rings. The Morgan fingerprint density at radius 2 is 2.00 bits per heavy atom. The molecule has 2 heterocycles. The minimum absolute atomic E-state index is 0.122. The van der Waals surface area contributed by atoms with Gasteiger partial charge < -0.3 is 14.6 Å². The van der Waals surface area contributed by atoms with Crippen molar-refractivity contribution >= 4 is 23.1 Å². The fourth-order valence-electron chi connectivity index (χ4n) is 2.23. The van der Waals surface area contributed by atoms with Gasteiger partial charge in [-0.2, -0.15) is 0 Å². The minimum atomic E-state index is -0.122. The quantitative estimate of drug-likeness (QED) is 0.726. The second kappa shape index (κ2) is 7.15. The smallest absolute Gasteiger partial charge is 0.322 e. The highest BCUT2D eigenvalue weighted by molar-refractivity contribution is 7.09. The average molecular weight is 326 g/mol. The SMILES string of the molecule is Cc1ccc(NC(=O)N(Cc2ccoc2)Cc2cccs2)cc1. The van der Waals surface area contributed by atoms with Crippen molar-refractivity contribution in [2.24, 2.45) is 0 Å². The van der Waals surface area contributed by atoms with Crippen LogP contribution in [0.5, 0.6) is 0 Å². The van der Waals surface area contributed by atoms with Crippen molar-refractivity contribution in [3.8, 4) is 0 Å². The predicted octanol–water partition coefficient (Wildman–Crippen LogP) is 4.88. The fourth-order valence-corrected chi connectivity index (χ4v) is 2.95. The topological polar surface area (TPSA) is 45.5 Å². The van der Waals surface area contributed by atoms with Gasteiger partial charge >= 0.3 is 6.03 Å². The summed E-state index contributed by atoms with van der Waals surface area (Å²) < 4.78 is 5.11. The summed E-state index contributed by atoms with van der Waals surface area (Å²) in [6.45, 7) is 3.10. The van der Waals surface area contributed by atoms with E-state index in [0.717, 1.165) is 21.7 Å². The van der Waals surface area contributed by atoms with Crippen LogP contribution in [0.25, 0.3) is 0 Å². The number of nitrogens with one attached hydrogen (secondary N) is 1. The van der Waals surface area contributed by atoms with Crippen molar-refractivity contribution < 1.29 is 9.21 Å². The zero-order valence-corrected chi connectivity index (χ0v) is 13.7. The van der Waals surface area contributed by atoms with Crippen molar-refractivity contribution in [2.45, 2.75) is 20.0 Å². The largest absolute Gasteiger partial charge is 0.472 e. The number of hydrogen-bond donors (Lipinski definition) is 1. The van der Waals surface area contributed by atoms with E-state index in [0.29, 0.717) is 13.1 Å². The Kier molecular flexibility index (Phi) is 4.78. The summed E-state index contributed by atoms with van der Waals surface area (Å²) in [5, 5.41) is 4.97. The van der Waals surface area contributed by atoms with E-state index in [1.54, 1.807) is 28.8 Å². The highest BCUT2D eigenvalue weighted by Crippen LogP contribution is 2.17. The predicted molar refractivity (Wildman–Crippen MR) is 92.5 cm³/mol. The summed E-state index contributed by atoms with van der Waals surface area (Å²) in [6, 6.07) is 13.6. The summed E-state index contributed by atoms with van der Waals surface area (Å²) in [5.41, 5.74) is 2.93. The molecule has 4 nitrogen and oxygen atoms in total. The molecular weight excluding hydrogens is 308 g/mol. The van der Waals surface area contributed by atoms with Crippen LogP contribution in [0, 0.1) is 6.92 Å².